The van der Waals surface area contributed by atoms with Crippen molar-refractivity contribution in [3.05, 3.63) is 146 Å². The molecule has 0 fully saturated rings. The number of rotatable bonds is 10. The zero-order chi connectivity index (χ0) is 30.1. The zero-order valence-corrected chi connectivity index (χ0v) is 23.9. The van der Waals surface area contributed by atoms with Crippen molar-refractivity contribution < 1.29 is 19.1 Å². The molecule has 2 N–H and O–H groups in total. The first-order chi connectivity index (χ1) is 21.6. The molecule has 0 aliphatic rings. The predicted molar refractivity (Wildman–Crippen MR) is 176 cm³/mol. The molecular formula is C38H30N2O4. The van der Waals surface area contributed by atoms with Crippen LogP contribution < -0.4 is 20.1 Å². The van der Waals surface area contributed by atoms with Crippen molar-refractivity contribution in [1.82, 2.24) is 0 Å². The van der Waals surface area contributed by atoms with E-state index in [1.54, 1.807) is 0 Å². The first-order valence-corrected chi connectivity index (χ1v) is 14.3. The van der Waals surface area contributed by atoms with E-state index in [1.807, 2.05) is 146 Å². The molecule has 0 spiro atoms. The lowest BCUT2D eigenvalue weighted by atomic mass is 10.1. The summed E-state index contributed by atoms with van der Waals surface area (Å²) >= 11 is 0. The number of fused-ring (bicyclic) bond motifs is 1. The lowest BCUT2D eigenvalue weighted by Crippen LogP contribution is -2.21. The van der Waals surface area contributed by atoms with Crippen molar-refractivity contribution in [2.45, 2.75) is 0 Å². The Morgan fingerprint density at radius 1 is 0.409 bits per heavy atom. The average Bonchev–Trinajstić information content (AvgIpc) is 3.08. The number of nitrogens with one attached hydrogen (secondary N) is 2. The van der Waals surface area contributed by atoms with E-state index in [1.165, 1.54) is 0 Å². The number of carbonyl (C=O) groups excluding carboxylic acids is 2. The highest BCUT2D eigenvalue weighted by Gasteiger charge is 2.12. The normalized spacial score (nSPS) is 10.6. The Hall–Kier alpha value is -5.88. The minimum absolute atomic E-state index is 0.138. The average molecular weight is 579 g/mol. The third kappa shape index (κ3) is 6.94. The number of ether oxygens (including phenoxy) is 2. The highest BCUT2D eigenvalue weighted by atomic mass is 16.5. The third-order valence-corrected chi connectivity index (χ3v) is 7.13. The summed E-state index contributed by atoms with van der Waals surface area (Å²) in [5, 5.41) is 7.46. The summed E-state index contributed by atoms with van der Waals surface area (Å²) in [7, 11) is 0. The van der Waals surface area contributed by atoms with Gasteiger partial charge in [0, 0.05) is 22.1 Å². The second kappa shape index (κ2) is 13.4. The molecule has 44 heavy (non-hydrogen) atoms. The Bertz CT molecular complexity index is 1730. The van der Waals surface area contributed by atoms with Crippen LogP contribution in [0.5, 0.6) is 11.5 Å². The monoisotopic (exact) mass is 578 g/mol. The van der Waals surface area contributed by atoms with Crippen LogP contribution in [0.2, 0.25) is 0 Å². The summed E-state index contributed by atoms with van der Waals surface area (Å²) in [4.78, 5) is 25.6. The Labute approximate surface area is 255 Å². The van der Waals surface area contributed by atoms with E-state index in [0.717, 1.165) is 33.0 Å². The smallest absolute Gasteiger partial charge is 0.262 e. The number of amides is 2. The van der Waals surface area contributed by atoms with Gasteiger partial charge in [-0.1, -0.05) is 109 Å². The largest absolute Gasteiger partial charge is 0.484 e. The van der Waals surface area contributed by atoms with E-state index in [2.05, 4.69) is 10.6 Å². The van der Waals surface area contributed by atoms with Gasteiger partial charge in [0.1, 0.15) is 11.5 Å². The summed E-state index contributed by atoms with van der Waals surface area (Å²) < 4.78 is 11.5. The molecule has 6 rings (SSSR count). The number of hydrogen-bond acceptors (Lipinski definition) is 4. The van der Waals surface area contributed by atoms with Crippen molar-refractivity contribution in [2.24, 2.45) is 0 Å². The highest BCUT2D eigenvalue weighted by molar-refractivity contribution is 6.09. The van der Waals surface area contributed by atoms with Gasteiger partial charge in [-0.25, -0.2) is 0 Å². The van der Waals surface area contributed by atoms with Gasteiger partial charge in [-0.15, -0.1) is 0 Å². The fourth-order valence-electron chi connectivity index (χ4n) is 4.95. The molecule has 6 heteroatoms. The maximum absolute atomic E-state index is 12.8. The molecule has 0 saturated carbocycles. The molecule has 0 aliphatic heterocycles. The van der Waals surface area contributed by atoms with Gasteiger partial charge in [0.15, 0.2) is 13.2 Å². The molecule has 0 aliphatic carbocycles. The van der Waals surface area contributed by atoms with Gasteiger partial charge in [-0.3, -0.25) is 9.59 Å². The minimum atomic E-state index is -0.286. The van der Waals surface area contributed by atoms with Crippen molar-refractivity contribution in [2.75, 3.05) is 23.8 Å². The van der Waals surface area contributed by atoms with Crippen LogP contribution in [0.25, 0.3) is 33.0 Å². The van der Waals surface area contributed by atoms with Crippen molar-refractivity contribution in [1.29, 1.82) is 0 Å². The lowest BCUT2D eigenvalue weighted by molar-refractivity contribution is -0.118. The first kappa shape index (κ1) is 28.2. The van der Waals surface area contributed by atoms with Gasteiger partial charge in [-0.2, -0.15) is 0 Å². The standard InChI is InChI=1S/C38H30N2O4/c41-37(25-43-31-21-17-29(18-22-31)27-9-3-1-4-10-27)39-35-15-7-14-34-33(35)13-8-16-36(34)40-38(42)26-44-32-23-19-30(20-24-32)28-11-5-2-6-12-28/h1-24H,25-26H2,(H,39,41)(H,40,42). The van der Waals surface area contributed by atoms with Gasteiger partial charge in [0.2, 0.25) is 0 Å². The molecule has 216 valence electrons. The van der Waals surface area contributed by atoms with E-state index >= 15 is 0 Å². The van der Waals surface area contributed by atoms with Crippen LogP contribution >= 0.6 is 0 Å². The third-order valence-electron chi connectivity index (χ3n) is 7.13. The summed E-state index contributed by atoms with van der Waals surface area (Å²) in [5.41, 5.74) is 5.63. The van der Waals surface area contributed by atoms with Gasteiger partial charge >= 0.3 is 0 Å². The SMILES string of the molecule is O=C(COc1ccc(-c2ccccc2)cc1)Nc1cccc2c(NC(=O)COc3ccc(-c4ccccc4)cc3)cccc12. The topological polar surface area (TPSA) is 76.7 Å². The maximum atomic E-state index is 12.8. The molecule has 0 atom stereocenters. The Kier molecular flexibility index (Phi) is 8.60. The number of carbonyl (C=O) groups is 2. The van der Waals surface area contributed by atoms with Crippen molar-refractivity contribution in [3.8, 4) is 33.8 Å². The summed E-state index contributed by atoms with van der Waals surface area (Å²) in [6.07, 6.45) is 0. The molecule has 0 unspecified atom stereocenters. The second-order valence-corrected chi connectivity index (χ2v) is 10.2. The van der Waals surface area contributed by atoms with Crippen LogP contribution in [0.4, 0.5) is 11.4 Å². The summed E-state index contributed by atoms with van der Waals surface area (Å²) in [6, 6.07) is 46.5. The van der Waals surface area contributed by atoms with Gasteiger partial charge < -0.3 is 20.1 Å². The molecule has 2 amide bonds. The van der Waals surface area contributed by atoms with Gasteiger partial charge in [-0.05, 0) is 58.7 Å². The van der Waals surface area contributed by atoms with Crippen molar-refractivity contribution in [3.63, 3.8) is 0 Å². The maximum Gasteiger partial charge on any atom is 0.262 e. The Morgan fingerprint density at radius 2 is 0.773 bits per heavy atom. The first-order valence-electron chi connectivity index (χ1n) is 14.3. The number of hydrogen-bond donors (Lipinski definition) is 2. The molecule has 6 aromatic rings. The quantitative estimate of drug-likeness (QED) is 0.172. The molecule has 0 radical (unpaired) electrons. The molecule has 0 aromatic heterocycles. The van der Waals surface area contributed by atoms with E-state index < -0.39 is 0 Å². The molecular weight excluding hydrogens is 548 g/mol. The second-order valence-electron chi connectivity index (χ2n) is 10.2. The molecule has 0 heterocycles. The number of anilines is 2. The fourth-order valence-corrected chi connectivity index (χ4v) is 4.95. The van der Waals surface area contributed by atoms with Crippen LogP contribution in [-0.2, 0) is 9.59 Å². The van der Waals surface area contributed by atoms with E-state index in [4.69, 9.17) is 9.47 Å². The highest BCUT2D eigenvalue weighted by Crippen LogP contribution is 2.30. The summed E-state index contributed by atoms with van der Waals surface area (Å²) in [5.74, 6) is 0.644. The van der Waals surface area contributed by atoms with Crippen LogP contribution in [0.15, 0.2) is 146 Å². The predicted octanol–water partition coefficient (Wildman–Crippen LogP) is 8.21. The summed E-state index contributed by atoms with van der Waals surface area (Å²) in [6.45, 7) is -0.275. The Balaban J connectivity index is 1.05. The van der Waals surface area contributed by atoms with Gasteiger partial charge in [0.25, 0.3) is 11.8 Å². The van der Waals surface area contributed by atoms with E-state index in [-0.39, 0.29) is 25.0 Å². The Morgan fingerprint density at radius 3 is 1.16 bits per heavy atom. The lowest BCUT2D eigenvalue weighted by Gasteiger charge is -2.13. The van der Waals surface area contributed by atoms with Crippen LogP contribution in [0.3, 0.4) is 0 Å². The molecule has 6 aromatic carbocycles. The van der Waals surface area contributed by atoms with Crippen LogP contribution in [0.1, 0.15) is 0 Å². The number of benzene rings is 6. The van der Waals surface area contributed by atoms with Gasteiger partial charge in [0.05, 0.1) is 0 Å². The van der Waals surface area contributed by atoms with E-state index in [9.17, 15) is 9.59 Å². The van der Waals surface area contributed by atoms with Crippen molar-refractivity contribution >= 4 is 34.0 Å². The van der Waals surface area contributed by atoms with E-state index in [0.29, 0.717) is 22.9 Å². The zero-order valence-electron chi connectivity index (χ0n) is 23.9. The molecule has 0 saturated heterocycles. The minimum Gasteiger partial charge on any atom is -0.484 e. The van der Waals surface area contributed by atoms with Crippen LogP contribution in [-0.4, -0.2) is 25.0 Å². The van der Waals surface area contributed by atoms with Crippen LogP contribution in [0, 0.1) is 0 Å². The molecule has 0 bridgehead atoms. The molecule has 6 nitrogen and oxygen atoms in total. The fraction of sp³-hybridized carbons (Fsp3) is 0.0526.